The van der Waals surface area contributed by atoms with Gasteiger partial charge in [0.2, 0.25) is 0 Å². The third-order valence-electron chi connectivity index (χ3n) is 4.99. The van der Waals surface area contributed by atoms with Gasteiger partial charge in [-0.2, -0.15) is 0 Å². The number of hydrogen-bond acceptors (Lipinski definition) is 6. The number of anilines is 1. The number of nitrogens with one attached hydrogen (secondary N) is 1. The molecule has 0 aliphatic carbocycles. The van der Waals surface area contributed by atoms with E-state index >= 15 is 0 Å². The van der Waals surface area contributed by atoms with Crippen molar-refractivity contribution in [3.63, 3.8) is 0 Å². The normalized spacial score (nSPS) is 11.1. The van der Waals surface area contributed by atoms with Gasteiger partial charge in [-0.1, -0.05) is 24.3 Å². The molecule has 2 aromatic carbocycles. The fourth-order valence-corrected chi connectivity index (χ4v) is 3.41. The Bertz CT molecular complexity index is 1140. The fourth-order valence-electron chi connectivity index (χ4n) is 3.41. The molecule has 0 radical (unpaired) electrons. The summed E-state index contributed by atoms with van der Waals surface area (Å²) in [5.74, 6) is 2.31. The van der Waals surface area contributed by atoms with Crippen molar-refractivity contribution in [3.8, 4) is 17.3 Å². The number of benzene rings is 2. The van der Waals surface area contributed by atoms with Crippen molar-refractivity contribution in [3.05, 3.63) is 54.6 Å². The van der Waals surface area contributed by atoms with Gasteiger partial charge in [-0.15, -0.1) is 0 Å². The molecule has 0 bridgehead atoms. The number of pyridine rings is 1. The molecule has 148 valence electrons. The number of aromatic nitrogens is 3. The Labute approximate surface area is 170 Å². The van der Waals surface area contributed by atoms with E-state index in [0.717, 1.165) is 58.6 Å². The summed E-state index contributed by atoms with van der Waals surface area (Å²) >= 11 is 0. The molecule has 0 aliphatic rings. The molecule has 6 nitrogen and oxygen atoms in total. The van der Waals surface area contributed by atoms with Gasteiger partial charge in [-0.3, -0.25) is 0 Å². The smallest absolute Gasteiger partial charge is 0.180 e. The molecular formula is C23H25N5O. The van der Waals surface area contributed by atoms with Crippen molar-refractivity contribution in [1.82, 2.24) is 20.3 Å². The molecular weight excluding hydrogens is 362 g/mol. The lowest BCUT2D eigenvalue weighted by molar-refractivity contribution is 0.415. The number of hydrogen-bond donors (Lipinski definition) is 1. The minimum absolute atomic E-state index is 0.629. The van der Waals surface area contributed by atoms with Gasteiger partial charge in [0.05, 0.1) is 18.1 Å². The van der Waals surface area contributed by atoms with Gasteiger partial charge in [0.25, 0.3) is 0 Å². The Hall–Kier alpha value is -3.25. The van der Waals surface area contributed by atoms with Crippen LogP contribution in [0.4, 0.5) is 5.82 Å². The van der Waals surface area contributed by atoms with Crippen molar-refractivity contribution >= 4 is 27.6 Å². The number of methoxy groups -OCH3 is 1. The Kier molecular flexibility index (Phi) is 5.53. The topological polar surface area (TPSA) is 63.2 Å². The summed E-state index contributed by atoms with van der Waals surface area (Å²) < 4.78 is 5.42. The summed E-state index contributed by atoms with van der Waals surface area (Å²) in [6.45, 7) is 1.84. The van der Waals surface area contributed by atoms with Gasteiger partial charge >= 0.3 is 0 Å². The van der Waals surface area contributed by atoms with Crippen LogP contribution in [0.3, 0.4) is 0 Å². The van der Waals surface area contributed by atoms with Crippen LogP contribution in [0.1, 0.15) is 6.42 Å². The Morgan fingerprint density at radius 3 is 2.66 bits per heavy atom. The number of fused-ring (bicyclic) bond motifs is 2. The van der Waals surface area contributed by atoms with E-state index in [1.54, 1.807) is 7.11 Å². The molecule has 29 heavy (non-hydrogen) atoms. The van der Waals surface area contributed by atoms with Crippen LogP contribution in [0.5, 0.6) is 5.75 Å². The van der Waals surface area contributed by atoms with E-state index in [1.165, 1.54) is 0 Å². The lowest BCUT2D eigenvalue weighted by Gasteiger charge is -2.21. The predicted molar refractivity (Wildman–Crippen MR) is 119 cm³/mol. The van der Waals surface area contributed by atoms with Gasteiger partial charge in [0.15, 0.2) is 5.82 Å². The van der Waals surface area contributed by atoms with Crippen molar-refractivity contribution in [2.24, 2.45) is 0 Å². The zero-order chi connectivity index (χ0) is 20.2. The number of rotatable bonds is 7. The fraction of sp³-hybridized carbons (Fsp3) is 0.261. The first-order valence-corrected chi connectivity index (χ1v) is 9.77. The molecule has 0 unspecified atom stereocenters. The summed E-state index contributed by atoms with van der Waals surface area (Å²) in [6.07, 6.45) is 1.02. The number of ether oxygens (including phenoxy) is 1. The molecule has 0 saturated heterocycles. The van der Waals surface area contributed by atoms with E-state index in [2.05, 4.69) is 29.4 Å². The van der Waals surface area contributed by atoms with E-state index in [0.29, 0.717) is 5.82 Å². The van der Waals surface area contributed by atoms with Gasteiger partial charge in [0.1, 0.15) is 17.3 Å². The maximum Gasteiger partial charge on any atom is 0.180 e. The van der Waals surface area contributed by atoms with Gasteiger partial charge < -0.3 is 15.0 Å². The van der Waals surface area contributed by atoms with Crippen LogP contribution in [0.25, 0.3) is 33.3 Å². The van der Waals surface area contributed by atoms with E-state index in [4.69, 9.17) is 19.7 Å². The maximum atomic E-state index is 5.42. The second-order valence-corrected chi connectivity index (χ2v) is 7.02. The summed E-state index contributed by atoms with van der Waals surface area (Å²) in [4.78, 5) is 16.7. The van der Waals surface area contributed by atoms with E-state index in [9.17, 15) is 0 Å². The third-order valence-corrected chi connectivity index (χ3v) is 4.99. The molecule has 0 spiro atoms. The standard InChI is InChI=1S/C23H25N5O/c1-24-13-6-14-28(2)23-18-15-17(29-3)10-12-20(18)26-22(27-23)21-11-9-16-7-4-5-8-19(16)25-21/h4-5,7-12,15,24H,6,13-14H2,1-3H3. The molecule has 0 saturated carbocycles. The summed E-state index contributed by atoms with van der Waals surface area (Å²) in [5.41, 5.74) is 2.58. The van der Waals surface area contributed by atoms with Crippen molar-refractivity contribution in [2.45, 2.75) is 6.42 Å². The molecule has 0 aliphatic heterocycles. The van der Waals surface area contributed by atoms with Crippen molar-refractivity contribution in [1.29, 1.82) is 0 Å². The van der Waals surface area contributed by atoms with E-state index in [1.807, 2.05) is 49.5 Å². The predicted octanol–water partition coefficient (Wildman–Crippen LogP) is 3.90. The van der Waals surface area contributed by atoms with Crippen molar-refractivity contribution in [2.75, 3.05) is 39.2 Å². The lowest BCUT2D eigenvalue weighted by Crippen LogP contribution is -2.23. The third kappa shape index (κ3) is 3.98. The molecule has 0 atom stereocenters. The average Bonchev–Trinajstić information content (AvgIpc) is 2.77. The van der Waals surface area contributed by atoms with Crippen molar-refractivity contribution < 1.29 is 4.74 Å². The number of nitrogens with zero attached hydrogens (tertiary/aromatic N) is 4. The Morgan fingerprint density at radius 1 is 0.966 bits per heavy atom. The minimum Gasteiger partial charge on any atom is -0.497 e. The molecule has 0 amide bonds. The zero-order valence-electron chi connectivity index (χ0n) is 17.0. The molecule has 2 heterocycles. The van der Waals surface area contributed by atoms with Gasteiger partial charge in [0, 0.05) is 24.4 Å². The monoisotopic (exact) mass is 387 g/mol. The minimum atomic E-state index is 0.629. The highest BCUT2D eigenvalue weighted by Crippen LogP contribution is 2.30. The van der Waals surface area contributed by atoms with Crippen LogP contribution < -0.4 is 15.0 Å². The van der Waals surface area contributed by atoms with Crippen LogP contribution in [-0.4, -0.2) is 49.2 Å². The molecule has 0 fully saturated rings. The SMILES string of the molecule is CNCCCN(C)c1nc(-c2ccc3ccccc3n2)nc2ccc(OC)cc12. The average molecular weight is 387 g/mol. The van der Waals surface area contributed by atoms with Crippen LogP contribution in [0.2, 0.25) is 0 Å². The zero-order valence-corrected chi connectivity index (χ0v) is 17.0. The van der Waals surface area contributed by atoms with Crippen LogP contribution in [-0.2, 0) is 0 Å². The van der Waals surface area contributed by atoms with E-state index < -0.39 is 0 Å². The molecule has 6 heteroatoms. The molecule has 4 aromatic rings. The molecule has 4 rings (SSSR count). The summed E-state index contributed by atoms with van der Waals surface area (Å²) in [7, 11) is 5.70. The van der Waals surface area contributed by atoms with Crippen LogP contribution >= 0.6 is 0 Å². The second kappa shape index (κ2) is 8.41. The molecule has 2 aromatic heterocycles. The highest BCUT2D eigenvalue weighted by atomic mass is 16.5. The van der Waals surface area contributed by atoms with Gasteiger partial charge in [-0.05, 0) is 50.3 Å². The Balaban J connectivity index is 1.83. The lowest BCUT2D eigenvalue weighted by atomic mass is 10.1. The highest BCUT2D eigenvalue weighted by molar-refractivity contribution is 5.92. The van der Waals surface area contributed by atoms with E-state index in [-0.39, 0.29) is 0 Å². The second-order valence-electron chi connectivity index (χ2n) is 7.02. The Morgan fingerprint density at radius 2 is 1.83 bits per heavy atom. The summed E-state index contributed by atoms with van der Waals surface area (Å²) in [6, 6.07) is 18.0. The highest BCUT2D eigenvalue weighted by Gasteiger charge is 2.15. The first kappa shape index (κ1) is 19.1. The molecule has 1 N–H and O–H groups in total. The first-order valence-electron chi connectivity index (χ1n) is 9.77. The van der Waals surface area contributed by atoms with Gasteiger partial charge in [-0.25, -0.2) is 15.0 Å². The quantitative estimate of drug-likeness (QED) is 0.485. The number of para-hydroxylation sites is 1. The summed E-state index contributed by atoms with van der Waals surface area (Å²) in [5, 5.41) is 5.27. The van der Waals surface area contributed by atoms with Crippen LogP contribution in [0.15, 0.2) is 54.6 Å². The first-order chi connectivity index (χ1) is 14.2. The maximum absolute atomic E-state index is 5.42. The van der Waals surface area contributed by atoms with Crippen LogP contribution in [0, 0.1) is 0 Å². The largest absolute Gasteiger partial charge is 0.497 e.